The SMILES string of the molecule is O=C(O)Cc1ccc(CN2C[C@H]3C[C@@H](C2)[C@H](CO)n2c3cccc2=O)cc1. The molecule has 2 N–H and O–H groups in total. The molecule has 0 radical (unpaired) electrons. The predicted molar refractivity (Wildman–Crippen MR) is 101 cm³/mol. The van der Waals surface area contributed by atoms with E-state index in [4.69, 9.17) is 5.11 Å². The van der Waals surface area contributed by atoms with E-state index < -0.39 is 5.97 Å². The third-order valence-electron chi connectivity index (χ3n) is 5.85. The van der Waals surface area contributed by atoms with Gasteiger partial charge in [-0.2, -0.15) is 0 Å². The van der Waals surface area contributed by atoms with Gasteiger partial charge in [0.05, 0.1) is 19.1 Å². The number of benzene rings is 1. The number of fused-ring (bicyclic) bond motifs is 4. The molecule has 27 heavy (non-hydrogen) atoms. The van der Waals surface area contributed by atoms with Crippen molar-refractivity contribution >= 4 is 5.97 Å². The topological polar surface area (TPSA) is 82.8 Å². The summed E-state index contributed by atoms with van der Waals surface area (Å²) < 4.78 is 1.80. The van der Waals surface area contributed by atoms with Crippen molar-refractivity contribution in [3.05, 3.63) is 69.6 Å². The number of nitrogens with zero attached hydrogens (tertiary/aromatic N) is 2. The molecule has 0 aliphatic carbocycles. The minimum atomic E-state index is -0.824. The summed E-state index contributed by atoms with van der Waals surface area (Å²) in [6.07, 6.45) is 1.04. The minimum Gasteiger partial charge on any atom is -0.481 e. The van der Waals surface area contributed by atoms with Crippen LogP contribution in [0.2, 0.25) is 0 Å². The molecule has 1 aromatic carbocycles. The smallest absolute Gasteiger partial charge is 0.307 e. The molecule has 0 unspecified atom stereocenters. The summed E-state index contributed by atoms with van der Waals surface area (Å²) >= 11 is 0. The highest BCUT2D eigenvalue weighted by molar-refractivity contribution is 5.70. The fraction of sp³-hybridized carbons (Fsp3) is 0.429. The Bertz CT molecular complexity index is 890. The normalized spacial score (nSPS) is 24.4. The fourth-order valence-electron chi connectivity index (χ4n) is 4.70. The zero-order chi connectivity index (χ0) is 19.0. The molecule has 3 heterocycles. The maximum Gasteiger partial charge on any atom is 0.307 e. The number of hydrogen-bond acceptors (Lipinski definition) is 4. The Hall–Kier alpha value is -2.44. The largest absolute Gasteiger partial charge is 0.481 e. The summed E-state index contributed by atoms with van der Waals surface area (Å²) in [6.45, 7) is 2.50. The van der Waals surface area contributed by atoms with Crippen LogP contribution >= 0.6 is 0 Å². The third-order valence-corrected chi connectivity index (χ3v) is 5.85. The van der Waals surface area contributed by atoms with Crippen LogP contribution in [-0.4, -0.2) is 45.3 Å². The van der Waals surface area contributed by atoms with E-state index in [1.165, 1.54) is 0 Å². The van der Waals surface area contributed by atoms with Gasteiger partial charge in [0, 0.05) is 37.3 Å². The molecule has 1 saturated heterocycles. The number of carbonyl (C=O) groups is 1. The lowest BCUT2D eigenvalue weighted by molar-refractivity contribution is -0.136. The molecule has 6 nitrogen and oxygen atoms in total. The standard InChI is InChI=1S/C21H24N2O4/c24-13-19-17-9-16(18-2-1-3-20(25)23(18)19)11-22(12-17)10-15-6-4-14(5-7-15)8-21(26)27/h1-7,16-17,19,24H,8-13H2,(H,26,27)/t16-,17+,19+/m1/s1. The molecule has 2 aliphatic rings. The Balaban J connectivity index is 1.53. The minimum absolute atomic E-state index is 0.0218. The Morgan fingerprint density at radius 1 is 1.07 bits per heavy atom. The van der Waals surface area contributed by atoms with E-state index in [0.29, 0.717) is 5.92 Å². The Kier molecular flexibility index (Phi) is 4.85. The van der Waals surface area contributed by atoms with Crippen LogP contribution in [0.5, 0.6) is 0 Å². The van der Waals surface area contributed by atoms with Crippen molar-refractivity contribution in [1.29, 1.82) is 0 Å². The molecule has 6 heteroatoms. The first kappa shape index (κ1) is 17.9. The first-order valence-corrected chi connectivity index (χ1v) is 9.39. The number of carboxylic acid groups (broad SMARTS) is 1. The van der Waals surface area contributed by atoms with Crippen LogP contribution in [0.15, 0.2) is 47.3 Å². The van der Waals surface area contributed by atoms with Crippen molar-refractivity contribution in [1.82, 2.24) is 9.47 Å². The van der Waals surface area contributed by atoms with E-state index in [1.54, 1.807) is 10.6 Å². The van der Waals surface area contributed by atoms with Gasteiger partial charge in [0.1, 0.15) is 0 Å². The van der Waals surface area contributed by atoms with Crippen molar-refractivity contribution in [2.24, 2.45) is 5.92 Å². The number of aromatic nitrogens is 1. The van der Waals surface area contributed by atoms with Gasteiger partial charge in [-0.3, -0.25) is 14.5 Å². The number of aliphatic hydroxyl groups is 1. The molecule has 3 atom stereocenters. The van der Waals surface area contributed by atoms with Gasteiger partial charge >= 0.3 is 5.97 Å². The van der Waals surface area contributed by atoms with Gasteiger partial charge in [0.25, 0.3) is 5.56 Å². The first-order valence-electron chi connectivity index (χ1n) is 9.39. The molecule has 4 rings (SSSR count). The maximum atomic E-state index is 12.3. The van der Waals surface area contributed by atoms with E-state index >= 15 is 0 Å². The molecule has 1 fully saturated rings. The fourth-order valence-corrected chi connectivity index (χ4v) is 4.70. The maximum absolute atomic E-state index is 12.3. The molecule has 0 saturated carbocycles. The highest BCUT2D eigenvalue weighted by Crippen LogP contribution is 2.41. The van der Waals surface area contributed by atoms with E-state index in [9.17, 15) is 14.7 Å². The average Bonchev–Trinajstić information content (AvgIpc) is 2.64. The van der Waals surface area contributed by atoms with Crippen molar-refractivity contribution in [2.75, 3.05) is 19.7 Å². The van der Waals surface area contributed by atoms with Crippen LogP contribution < -0.4 is 5.56 Å². The van der Waals surface area contributed by atoms with Crippen LogP contribution in [-0.2, 0) is 17.8 Å². The predicted octanol–water partition coefficient (Wildman–Crippen LogP) is 1.63. The van der Waals surface area contributed by atoms with Gasteiger partial charge in [0.2, 0.25) is 0 Å². The van der Waals surface area contributed by atoms with E-state index in [2.05, 4.69) is 4.90 Å². The lowest BCUT2D eigenvalue weighted by Crippen LogP contribution is -2.50. The molecule has 0 amide bonds. The van der Waals surface area contributed by atoms with Gasteiger partial charge in [0.15, 0.2) is 0 Å². The van der Waals surface area contributed by atoms with Crippen molar-refractivity contribution < 1.29 is 15.0 Å². The van der Waals surface area contributed by atoms with E-state index in [1.807, 2.05) is 36.4 Å². The highest BCUT2D eigenvalue weighted by atomic mass is 16.4. The van der Waals surface area contributed by atoms with Gasteiger partial charge in [-0.25, -0.2) is 0 Å². The van der Waals surface area contributed by atoms with E-state index in [-0.39, 0.29) is 30.5 Å². The molecule has 2 aromatic rings. The molecule has 142 valence electrons. The van der Waals surface area contributed by atoms with Crippen molar-refractivity contribution in [3.63, 3.8) is 0 Å². The number of piperidine rings is 1. The molecule has 1 aromatic heterocycles. The number of aliphatic carboxylic acids is 1. The highest BCUT2D eigenvalue weighted by Gasteiger charge is 2.40. The lowest BCUT2D eigenvalue weighted by atomic mass is 9.78. The third kappa shape index (κ3) is 3.55. The van der Waals surface area contributed by atoms with Gasteiger partial charge in [-0.15, -0.1) is 0 Å². The first-order chi connectivity index (χ1) is 13.0. The number of rotatable bonds is 5. The van der Waals surface area contributed by atoms with Crippen LogP contribution in [0.1, 0.15) is 35.2 Å². The number of pyridine rings is 1. The number of aliphatic hydroxyl groups excluding tert-OH is 1. The van der Waals surface area contributed by atoms with Crippen LogP contribution in [0.25, 0.3) is 0 Å². The monoisotopic (exact) mass is 368 g/mol. The van der Waals surface area contributed by atoms with Crippen LogP contribution in [0.4, 0.5) is 0 Å². The van der Waals surface area contributed by atoms with Crippen molar-refractivity contribution in [3.8, 4) is 0 Å². The summed E-state index contributed by atoms with van der Waals surface area (Å²) in [7, 11) is 0. The van der Waals surface area contributed by atoms with Gasteiger partial charge < -0.3 is 14.8 Å². The number of likely N-dealkylation sites (tertiary alicyclic amines) is 1. The molecular weight excluding hydrogens is 344 g/mol. The second-order valence-electron chi connectivity index (χ2n) is 7.68. The van der Waals surface area contributed by atoms with E-state index in [0.717, 1.165) is 42.9 Å². The summed E-state index contributed by atoms with van der Waals surface area (Å²) in [5, 5.41) is 18.8. The average molecular weight is 368 g/mol. The van der Waals surface area contributed by atoms with Crippen LogP contribution in [0.3, 0.4) is 0 Å². The Morgan fingerprint density at radius 2 is 1.81 bits per heavy atom. The van der Waals surface area contributed by atoms with Crippen LogP contribution in [0, 0.1) is 5.92 Å². The zero-order valence-corrected chi connectivity index (χ0v) is 15.1. The second kappa shape index (κ2) is 7.29. The van der Waals surface area contributed by atoms with Crippen molar-refractivity contribution in [2.45, 2.75) is 31.3 Å². The quantitative estimate of drug-likeness (QED) is 0.838. The number of hydrogen-bond donors (Lipinski definition) is 2. The Labute approximate surface area is 157 Å². The zero-order valence-electron chi connectivity index (χ0n) is 15.1. The molecular formula is C21H24N2O4. The summed E-state index contributed by atoms with van der Waals surface area (Å²) in [5.41, 5.74) is 2.95. The molecule has 2 bridgehead atoms. The van der Waals surface area contributed by atoms with Gasteiger partial charge in [-0.1, -0.05) is 30.3 Å². The number of carboxylic acids is 1. The Morgan fingerprint density at radius 3 is 2.52 bits per heavy atom. The molecule has 2 aliphatic heterocycles. The van der Waals surface area contributed by atoms with Gasteiger partial charge in [-0.05, 0) is 29.5 Å². The second-order valence-corrected chi connectivity index (χ2v) is 7.68. The summed E-state index contributed by atoms with van der Waals surface area (Å²) in [6, 6.07) is 13.0. The summed E-state index contributed by atoms with van der Waals surface area (Å²) in [4.78, 5) is 25.5. The molecule has 0 spiro atoms. The lowest BCUT2D eigenvalue weighted by Gasteiger charge is -2.46. The summed E-state index contributed by atoms with van der Waals surface area (Å²) in [5.74, 6) is -0.269.